The zero-order valence-electron chi connectivity index (χ0n) is 6.94. The highest BCUT2D eigenvalue weighted by molar-refractivity contribution is 5.75. The summed E-state index contributed by atoms with van der Waals surface area (Å²) in [5.41, 5.74) is 2.42. The molecule has 1 N–H and O–H groups in total. The normalized spacial score (nSPS) is 9.50. The average molecular weight is 170 g/mol. The Morgan fingerprint density at radius 2 is 2.58 bits per heavy atom. The summed E-state index contributed by atoms with van der Waals surface area (Å²) in [6.07, 6.45) is 0.882. The number of hydrogen-bond acceptors (Lipinski definition) is 4. The number of carbonyl (C=O) groups is 1. The van der Waals surface area contributed by atoms with E-state index in [4.69, 9.17) is 0 Å². The van der Waals surface area contributed by atoms with Crippen LogP contribution in [0, 0.1) is 6.92 Å². The van der Waals surface area contributed by atoms with Crippen LogP contribution in [0.25, 0.3) is 0 Å². The molecular formula is C6H10N4O2. The minimum absolute atomic E-state index is 0.340. The molecule has 0 atom stereocenters. The fourth-order valence-corrected chi connectivity index (χ4v) is 0.664. The molecule has 1 amide bonds. The molecule has 1 rings (SSSR count). The number of hydrogen-bond donors (Lipinski definition) is 1. The van der Waals surface area contributed by atoms with Crippen molar-refractivity contribution >= 4 is 6.09 Å². The second-order valence-electron chi connectivity index (χ2n) is 2.08. The van der Waals surface area contributed by atoms with Crippen LogP contribution in [0.2, 0.25) is 0 Å². The number of amides is 1. The van der Waals surface area contributed by atoms with Gasteiger partial charge in [0, 0.05) is 0 Å². The third-order valence-corrected chi connectivity index (χ3v) is 1.21. The standard InChI is InChI=1S/C6H10N4O2/c1-3-12-6(11)9-10-4-7-8-5(10)2/h4H,3H2,1-2H3,(H,9,11). The predicted octanol–water partition coefficient (Wildman–Crippen LogP) is 0.287. The molecule has 0 aromatic carbocycles. The van der Waals surface area contributed by atoms with Crippen molar-refractivity contribution < 1.29 is 9.53 Å². The minimum atomic E-state index is -0.514. The first kappa shape index (κ1) is 8.51. The summed E-state index contributed by atoms with van der Waals surface area (Å²) < 4.78 is 6.03. The van der Waals surface area contributed by atoms with Gasteiger partial charge < -0.3 is 4.74 Å². The van der Waals surface area contributed by atoms with Crippen LogP contribution in [0.5, 0.6) is 0 Å². The van der Waals surface area contributed by atoms with E-state index in [9.17, 15) is 4.79 Å². The van der Waals surface area contributed by atoms with Crippen LogP contribution in [-0.2, 0) is 4.74 Å². The van der Waals surface area contributed by atoms with Crippen LogP contribution in [0.4, 0.5) is 4.79 Å². The lowest BCUT2D eigenvalue weighted by atomic mass is 10.7. The van der Waals surface area contributed by atoms with E-state index in [1.54, 1.807) is 13.8 Å². The number of nitrogens with zero attached hydrogens (tertiary/aromatic N) is 3. The quantitative estimate of drug-likeness (QED) is 0.692. The smallest absolute Gasteiger partial charge is 0.426 e. The molecular weight excluding hydrogens is 160 g/mol. The van der Waals surface area contributed by atoms with Gasteiger partial charge in [0.15, 0.2) is 0 Å². The van der Waals surface area contributed by atoms with Crippen molar-refractivity contribution in [2.45, 2.75) is 13.8 Å². The Balaban J connectivity index is 2.52. The molecule has 0 fully saturated rings. The Hall–Kier alpha value is -1.59. The summed E-state index contributed by atoms with van der Waals surface area (Å²) in [5.74, 6) is 0.600. The van der Waals surface area contributed by atoms with Gasteiger partial charge in [-0.05, 0) is 13.8 Å². The first-order chi connectivity index (χ1) is 5.74. The Bertz CT molecular complexity index is 270. The molecule has 1 aromatic rings. The van der Waals surface area contributed by atoms with Gasteiger partial charge in [0.25, 0.3) is 0 Å². The van der Waals surface area contributed by atoms with Crippen LogP contribution < -0.4 is 5.43 Å². The second kappa shape index (κ2) is 3.70. The van der Waals surface area contributed by atoms with Gasteiger partial charge >= 0.3 is 6.09 Å². The summed E-state index contributed by atoms with van der Waals surface area (Å²) >= 11 is 0. The topological polar surface area (TPSA) is 69.0 Å². The van der Waals surface area contributed by atoms with Gasteiger partial charge in [-0.25, -0.2) is 14.9 Å². The fourth-order valence-electron chi connectivity index (χ4n) is 0.664. The van der Waals surface area contributed by atoms with E-state index in [-0.39, 0.29) is 0 Å². The number of aromatic nitrogens is 3. The molecule has 0 aliphatic rings. The summed E-state index contributed by atoms with van der Waals surface area (Å²) in [5, 5.41) is 7.25. The van der Waals surface area contributed by atoms with Gasteiger partial charge in [-0.3, -0.25) is 0 Å². The van der Waals surface area contributed by atoms with E-state index >= 15 is 0 Å². The maximum absolute atomic E-state index is 10.9. The lowest BCUT2D eigenvalue weighted by Gasteiger charge is -2.05. The molecule has 0 unspecified atom stereocenters. The van der Waals surface area contributed by atoms with Gasteiger partial charge in [0.05, 0.1) is 6.61 Å². The van der Waals surface area contributed by atoms with E-state index < -0.39 is 6.09 Å². The molecule has 6 nitrogen and oxygen atoms in total. The van der Waals surface area contributed by atoms with Crippen molar-refractivity contribution in [3.8, 4) is 0 Å². The molecule has 0 aliphatic carbocycles. The van der Waals surface area contributed by atoms with Crippen LogP contribution in [-0.4, -0.2) is 27.6 Å². The Labute approximate surface area is 69.5 Å². The highest BCUT2D eigenvalue weighted by Crippen LogP contribution is 1.88. The van der Waals surface area contributed by atoms with Crippen molar-refractivity contribution in [3.05, 3.63) is 12.2 Å². The number of nitrogens with one attached hydrogen (secondary N) is 1. The van der Waals surface area contributed by atoms with Gasteiger partial charge in [-0.15, -0.1) is 10.2 Å². The van der Waals surface area contributed by atoms with Gasteiger partial charge in [0.2, 0.25) is 0 Å². The van der Waals surface area contributed by atoms with Crippen molar-refractivity contribution in [3.63, 3.8) is 0 Å². The molecule has 12 heavy (non-hydrogen) atoms. The van der Waals surface area contributed by atoms with Crippen molar-refractivity contribution in [2.24, 2.45) is 0 Å². The number of rotatable bonds is 2. The molecule has 1 aromatic heterocycles. The average Bonchev–Trinajstić information content (AvgIpc) is 2.37. The first-order valence-corrected chi connectivity index (χ1v) is 3.54. The fraction of sp³-hybridized carbons (Fsp3) is 0.500. The Morgan fingerprint density at radius 3 is 3.08 bits per heavy atom. The number of aryl methyl sites for hydroxylation is 1. The molecule has 0 saturated heterocycles. The zero-order chi connectivity index (χ0) is 8.97. The lowest BCUT2D eigenvalue weighted by molar-refractivity contribution is 0.164. The van der Waals surface area contributed by atoms with Crippen LogP contribution in [0.15, 0.2) is 6.33 Å². The maximum Gasteiger partial charge on any atom is 0.426 e. The second-order valence-corrected chi connectivity index (χ2v) is 2.08. The van der Waals surface area contributed by atoms with E-state index in [2.05, 4.69) is 20.4 Å². The van der Waals surface area contributed by atoms with Crippen LogP contribution in [0.3, 0.4) is 0 Å². The summed E-state index contributed by atoms with van der Waals surface area (Å²) in [6, 6.07) is 0. The van der Waals surface area contributed by atoms with Crippen LogP contribution >= 0.6 is 0 Å². The van der Waals surface area contributed by atoms with Gasteiger partial charge in [-0.2, -0.15) is 0 Å². The SMILES string of the molecule is CCOC(=O)Nn1cnnc1C. The molecule has 0 aliphatic heterocycles. The molecule has 0 radical (unpaired) electrons. The molecule has 66 valence electrons. The first-order valence-electron chi connectivity index (χ1n) is 3.54. The molecule has 0 spiro atoms. The summed E-state index contributed by atoms with van der Waals surface area (Å²) in [4.78, 5) is 10.9. The van der Waals surface area contributed by atoms with Crippen molar-refractivity contribution in [2.75, 3.05) is 12.0 Å². The highest BCUT2D eigenvalue weighted by Gasteiger charge is 2.02. The Morgan fingerprint density at radius 1 is 1.83 bits per heavy atom. The Kier molecular flexibility index (Phi) is 2.62. The number of ether oxygens (including phenoxy) is 1. The third-order valence-electron chi connectivity index (χ3n) is 1.21. The molecule has 6 heteroatoms. The van der Waals surface area contributed by atoms with Gasteiger partial charge in [0.1, 0.15) is 12.2 Å². The van der Waals surface area contributed by atoms with E-state index in [0.717, 1.165) is 0 Å². The van der Waals surface area contributed by atoms with Crippen molar-refractivity contribution in [1.29, 1.82) is 0 Å². The molecule has 0 saturated carbocycles. The van der Waals surface area contributed by atoms with Crippen LogP contribution in [0.1, 0.15) is 12.7 Å². The predicted molar refractivity (Wildman–Crippen MR) is 41.1 cm³/mol. The van der Waals surface area contributed by atoms with Gasteiger partial charge in [-0.1, -0.05) is 0 Å². The number of carbonyl (C=O) groups excluding carboxylic acids is 1. The third kappa shape index (κ3) is 1.94. The zero-order valence-corrected chi connectivity index (χ0v) is 6.94. The van der Waals surface area contributed by atoms with E-state index in [0.29, 0.717) is 12.4 Å². The molecule has 0 bridgehead atoms. The minimum Gasteiger partial charge on any atom is -0.449 e. The van der Waals surface area contributed by atoms with E-state index in [1.807, 2.05) is 0 Å². The summed E-state index contributed by atoms with van der Waals surface area (Å²) in [6.45, 7) is 3.80. The van der Waals surface area contributed by atoms with Crippen molar-refractivity contribution in [1.82, 2.24) is 14.9 Å². The lowest BCUT2D eigenvalue weighted by Crippen LogP contribution is -2.23. The maximum atomic E-state index is 10.9. The largest absolute Gasteiger partial charge is 0.449 e. The summed E-state index contributed by atoms with van der Waals surface area (Å²) in [7, 11) is 0. The highest BCUT2D eigenvalue weighted by atomic mass is 16.6. The monoisotopic (exact) mass is 170 g/mol. The van der Waals surface area contributed by atoms with E-state index in [1.165, 1.54) is 11.0 Å². The molecule has 1 heterocycles.